The van der Waals surface area contributed by atoms with Crippen molar-refractivity contribution in [1.82, 2.24) is 10.1 Å². The minimum atomic E-state index is -0.672. The molecule has 140 valence electrons. The van der Waals surface area contributed by atoms with Crippen molar-refractivity contribution in [3.8, 4) is 5.75 Å². The van der Waals surface area contributed by atoms with Crippen LogP contribution < -0.4 is 5.63 Å². The molecular formula is C20H14ClN3O4. The van der Waals surface area contributed by atoms with E-state index < -0.39 is 5.63 Å². The zero-order valence-electron chi connectivity index (χ0n) is 14.5. The quantitative estimate of drug-likeness (QED) is 0.408. The van der Waals surface area contributed by atoms with Crippen LogP contribution in [0.25, 0.3) is 11.0 Å². The van der Waals surface area contributed by atoms with Gasteiger partial charge in [-0.05, 0) is 29.8 Å². The van der Waals surface area contributed by atoms with Gasteiger partial charge in [0.15, 0.2) is 5.82 Å². The van der Waals surface area contributed by atoms with Crippen LogP contribution in [0, 0.1) is 0 Å². The standard InChI is InChI=1S/C20H14ClN3O4/c21-13-7-5-12(6-8-13)9-17-23-18(28-24-17)11-22-10-15-19(25)14-3-1-2-4-16(14)27-20(15)26/h1-8,10,25H,9,11H2. The Hall–Kier alpha value is -3.45. The molecule has 0 atom stereocenters. The van der Waals surface area contributed by atoms with E-state index in [9.17, 15) is 9.90 Å². The summed E-state index contributed by atoms with van der Waals surface area (Å²) in [5, 5.41) is 15.3. The highest BCUT2D eigenvalue weighted by Crippen LogP contribution is 2.24. The molecule has 1 N–H and O–H groups in total. The van der Waals surface area contributed by atoms with Gasteiger partial charge in [0.05, 0.1) is 5.39 Å². The van der Waals surface area contributed by atoms with Gasteiger partial charge in [0, 0.05) is 17.7 Å². The van der Waals surface area contributed by atoms with Gasteiger partial charge in [-0.25, -0.2) is 4.79 Å². The van der Waals surface area contributed by atoms with Crippen molar-refractivity contribution in [3.63, 3.8) is 0 Å². The predicted molar refractivity (Wildman–Crippen MR) is 104 cm³/mol. The average molecular weight is 396 g/mol. The zero-order chi connectivity index (χ0) is 19.5. The van der Waals surface area contributed by atoms with Crippen LogP contribution in [0.3, 0.4) is 0 Å². The summed E-state index contributed by atoms with van der Waals surface area (Å²) in [5.41, 5.74) is 0.610. The number of hydrogen-bond donors (Lipinski definition) is 1. The monoisotopic (exact) mass is 395 g/mol. The number of nitrogens with zero attached hydrogens (tertiary/aromatic N) is 3. The summed E-state index contributed by atoms with van der Waals surface area (Å²) < 4.78 is 10.4. The molecule has 0 aliphatic rings. The third-order valence-electron chi connectivity index (χ3n) is 4.05. The van der Waals surface area contributed by atoms with E-state index in [4.69, 9.17) is 20.5 Å². The summed E-state index contributed by atoms with van der Waals surface area (Å²) in [6.07, 6.45) is 1.75. The van der Waals surface area contributed by atoms with Crippen molar-refractivity contribution >= 4 is 28.8 Å². The third kappa shape index (κ3) is 3.79. The summed E-state index contributed by atoms with van der Waals surface area (Å²) in [5.74, 6) is 0.634. The van der Waals surface area contributed by atoms with Crippen LogP contribution >= 0.6 is 11.6 Å². The molecule has 2 heterocycles. The molecule has 4 aromatic rings. The lowest BCUT2D eigenvalue weighted by Gasteiger charge is -2.01. The highest BCUT2D eigenvalue weighted by Gasteiger charge is 2.12. The molecule has 0 aliphatic carbocycles. The van der Waals surface area contributed by atoms with Crippen molar-refractivity contribution in [3.05, 3.63) is 86.8 Å². The second kappa shape index (κ2) is 7.66. The fourth-order valence-electron chi connectivity index (χ4n) is 2.69. The van der Waals surface area contributed by atoms with Gasteiger partial charge >= 0.3 is 5.63 Å². The fraction of sp³-hybridized carbons (Fsp3) is 0.100. The number of fused-ring (bicyclic) bond motifs is 1. The molecule has 4 rings (SSSR count). The van der Waals surface area contributed by atoms with Gasteiger partial charge in [-0.15, -0.1) is 0 Å². The van der Waals surface area contributed by atoms with Gasteiger partial charge < -0.3 is 14.0 Å². The lowest BCUT2D eigenvalue weighted by Crippen LogP contribution is -2.07. The molecule has 0 aliphatic heterocycles. The van der Waals surface area contributed by atoms with Crippen LogP contribution in [0.5, 0.6) is 5.75 Å². The fourth-order valence-corrected chi connectivity index (χ4v) is 2.81. The Balaban J connectivity index is 1.48. The Morgan fingerprint density at radius 1 is 1.14 bits per heavy atom. The third-order valence-corrected chi connectivity index (χ3v) is 4.30. The van der Waals surface area contributed by atoms with Gasteiger partial charge in [-0.1, -0.05) is 41.0 Å². The van der Waals surface area contributed by atoms with Crippen molar-refractivity contribution in [2.45, 2.75) is 13.0 Å². The Bertz CT molecular complexity index is 1210. The maximum absolute atomic E-state index is 12.0. The van der Waals surface area contributed by atoms with Crippen LogP contribution in [0.1, 0.15) is 22.8 Å². The first-order valence-corrected chi connectivity index (χ1v) is 8.78. The van der Waals surface area contributed by atoms with Crippen LogP contribution in [-0.4, -0.2) is 21.5 Å². The van der Waals surface area contributed by atoms with Gasteiger partial charge in [0.25, 0.3) is 0 Å². The van der Waals surface area contributed by atoms with Gasteiger partial charge in [-0.2, -0.15) is 4.98 Å². The van der Waals surface area contributed by atoms with Gasteiger partial charge in [0.2, 0.25) is 5.89 Å². The Kier molecular flexibility index (Phi) is 4.90. The number of rotatable bonds is 5. The summed E-state index contributed by atoms with van der Waals surface area (Å²) in [7, 11) is 0. The molecule has 0 fully saturated rings. The molecule has 0 radical (unpaired) electrons. The highest BCUT2D eigenvalue weighted by molar-refractivity contribution is 6.30. The number of hydrogen-bond acceptors (Lipinski definition) is 7. The summed E-state index contributed by atoms with van der Waals surface area (Å²) in [4.78, 5) is 20.4. The molecule has 8 heteroatoms. The number of aromatic nitrogens is 2. The zero-order valence-corrected chi connectivity index (χ0v) is 15.3. The molecule has 2 aromatic carbocycles. The molecule has 0 saturated carbocycles. The maximum atomic E-state index is 12.0. The average Bonchev–Trinajstić information content (AvgIpc) is 3.13. The first-order valence-electron chi connectivity index (χ1n) is 8.40. The van der Waals surface area contributed by atoms with E-state index in [1.54, 1.807) is 36.4 Å². The smallest absolute Gasteiger partial charge is 0.348 e. The molecule has 0 unspecified atom stereocenters. The van der Waals surface area contributed by atoms with E-state index in [0.29, 0.717) is 34.1 Å². The molecule has 0 spiro atoms. The number of aliphatic imine (C=N–C) groups is 1. The highest BCUT2D eigenvalue weighted by atomic mass is 35.5. The maximum Gasteiger partial charge on any atom is 0.348 e. The minimum absolute atomic E-state index is 0.0281. The lowest BCUT2D eigenvalue weighted by molar-refractivity contribution is 0.376. The predicted octanol–water partition coefficient (Wildman–Crippen LogP) is 3.74. The van der Waals surface area contributed by atoms with E-state index in [1.165, 1.54) is 6.21 Å². The van der Waals surface area contributed by atoms with Crippen molar-refractivity contribution in [1.29, 1.82) is 0 Å². The first kappa shape index (κ1) is 17.9. The number of halogens is 1. The summed E-state index contributed by atoms with van der Waals surface area (Å²) in [6.45, 7) is 0.0688. The van der Waals surface area contributed by atoms with E-state index in [0.717, 1.165) is 5.56 Å². The lowest BCUT2D eigenvalue weighted by atomic mass is 10.1. The number of benzene rings is 2. The van der Waals surface area contributed by atoms with Crippen molar-refractivity contribution in [2.24, 2.45) is 4.99 Å². The van der Waals surface area contributed by atoms with Crippen LogP contribution in [0.2, 0.25) is 5.02 Å². The van der Waals surface area contributed by atoms with E-state index in [1.807, 2.05) is 12.1 Å². The summed E-state index contributed by atoms with van der Waals surface area (Å²) in [6, 6.07) is 14.1. The van der Waals surface area contributed by atoms with Crippen molar-refractivity contribution < 1.29 is 14.0 Å². The van der Waals surface area contributed by atoms with E-state index >= 15 is 0 Å². The Morgan fingerprint density at radius 3 is 2.75 bits per heavy atom. The van der Waals surface area contributed by atoms with E-state index in [2.05, 4.69) is 15.1 Å². The Labute approximate surface area is 163 Å². The second-order valence-corrected chi connectivity index (χ2v) is 6.46. The number of para-hydroxylation sites is 1. The topological polar surface area (TPSA) is 102 Å². The van der Waals surface area contributed by atoms with Crippen LogP contribution in [-0.2, 0) is 13.0 Å². The van der Waals surface area contributed by atoms with Crippen LogP contribution in [0.4, 0.5) is 0 Å². The molecule has 0 amide bonds. The second-order valence-electron chi connectivity index (χ2n) is 6.03. The first-order chi connectivity index (χ1) is 13.6. The molecule has 0 bridgehead atoms. The minimum Gasteiger partial charge on any atom is -0.506 e. The van der Waals surface area contributed by atoms with E-state index in [-0.39, 0.29) is 17.9 Å². The van der Waals surface area contributed by atoms with Gasteiger partial charge in [0.1, 0.15) is 23.4 Å². The van der Waals surface area contributed by atoms with Gasteiger partial charge in [-0.3, -0.25) is 4.99 Å². The molecule has 0 saturated heterocycles. The molecule has 7 nitrogen and oxygen atoms in total. The van der Waals surface area contributed by atoms with Crippen molar-refractivity contribution in [2.75, 3.05) is 0 Å². The molecule has 2 aromatic heterocycles. The normalized spacial score (nSPS) is 11.5. The van der Waals surface area contributed by atoms with Crippen LogP contribution in [0.15, 0.2) is 67.3 Å². The Morgan fingerprint density at radius 2 is 1.93 bits per heavy atom. The largest absolute Gasteiger partial charge is 0.506 e. The molecule has 28 heavy (non-hydrogen) atoms. The molecular weight excluding hydrogens is 382 g/mol. The SMILES string of the molecule is O=c1oc2ccccc2c(O)c1C=NCc1nc(Cc2ccc(Cl)cc2)no1. The summed E-state index contributed by atoms with van der Waals surface area (Å²) >= 11 is 5.87. The number of aromatic hydroxyl groups is 1.